The first-order chi connectivity index (χ1) is 15.6. The van der Waals surface area contributed by atoms with Crippen LogP contribution >= 0.6 is 11.6 Å². The summed E-state index contributed by atoms with van der Waals surface area (Å²) in [6.45, 7) is 5.60. The van der Waals surface area contributed by atoms with Gasteiger partial charge in [-0.3, -0.25) is 9.52 Å². The molecule has 7 nitrogen and oxygen atoms in total. The average Bonchev–Trinajstić information content (AvgIpc) is 2.75. The van der Waals surface area contributed by atoms with Crippen molar-refractivity contribution in [1.29, 1.82) is 0 Å². The summed E-state index contributed by atoms with van der Waals surface area (Å²) in [5.74, 6) is -0.992. The molecule has 0 aliphatic rings. The summed E-state index contributed by atoms with van der Waals surface area (Å²) >= 11 is 6.28. The van der Waals surface area contributed by atoms with Crippen molar-refractivity contribution in [2.75, 3.05) is 16.6 Å². The third-order valence-corrected chi connectivity index (χ3v) is 6.50. The fourth-order valence-corrected chi connectivity index (χ4v) is 4.30. The van der Waals surface area contributed by atoms with Crippen molar-refractivity contribution in [3.05, 3.63) is 87.9 Å². The second kappa shape index (κ2) is 10.1. The molecule has 0 aliphatic heterocycles. The van der Waals surface area contributed by atoms with Crippen LogP contribution < -0.4 is 10.0 Å². The molecule has 0 heterocycles. The van der Waals surface area contributed by atoms with Crippen LogP contribution in [0.3, 0.4) is 0 Å². The molecule has 1 amide bonds. The van der Waals surface area contributed by atoms with E-state index in [1.807, 2.05) is 6.92 Å². The van der Waals surface area contributed by atoms with Gasteiger partial charge in [0.2, 0.25) is 0 Å². The molecule has 0 spiro atoms. The topological polar surface area (TPSA) is 102 Å². The molecule has 0 radical (unpaired) electrons. The van der Waals surface area contributed by atoms with E-state index in [0.717, 1.165) is 11.1 Å². The second-order valence-corrected chi connectivity index (χ2v) is 9.41. The lowest BCUT2D eigenvalue weighted by Gasteiger charge is -2.13. The summed E-state index contributed by atoms with van der Waals surface area (Å²) in [6, 6.07) is 15.5. The van der Waals surface area contributed by atoms with E-state index in [1.54, 1.807) is 38.1 Å². The second-order valence-electron chi connectivity index (χ2n) is 7.32. The van der Waals surface area contributed by atoms with Gasteiger partial charge in [0.05, 0.1) is 33.3 Å². The van der Waals surface area contributed by atoms with E-state index in [2.05, 4.69) is 10.0 Å². The number of hydrogen-bond acceptors (Lipinski definition) is 5. The quantitative estimate of drug-likeness (QED) is 0.448. The van der Waals surface area contributed by atoms with E-state index < -0.39 is 21.9 Å². The molecule has 0 atom stereocenters. The Hall–Kier alpha value is -3.36. The van der Waals surface area contributed by atoms with Crippen LogP contribution in [-0.2, 0) is 14.8 Å². The number of nitrogens with one attached hydrogen (secondary N) is 2. The zero-order valence-electron chi connectivity index (χ0n) is 18.3. The molecule has 0 unspecified atom stereocenters. The number of carbonyl (C=O) groups excluding carboxylic acids is 2. The van der Waals surface area contributed by atoms with E-state index >= 15 is 0 Å². The fraction of sp³-hybridized carbons (Fsp3) is 0.167. The maximum absolute atomic E-state index is 12.8. The molecule has 0 aliphatic carbocycles. The predicted octanol–water partition coefficient (Wildman–Crippen LogP) is 5.19. The first-order valence-electron chi connectivity index (χ1n) is 10.1. The van der Waals surface area contributed by atoms with Crippen LogP contribution in [0.15, 0.2) is 65.6 Å². The van der Waals surface area contributed by atoms with Gasteiger partial charge in [0.15, 0.2) is 0 Å². The number of sulfonamides is 1. The summed E-state index contributed by atoms with van der Waals surface area (Å²) in [7, 11) is -3.80. The van der Waals surface area contributed by atoms with Crippen LogP contribution in [0.2, 0.25) is 5.02 Å². The highest BCUT2D eigenvalue weighted by atomic mass is 35.5. The highest BCUT2D eigenvalue weighted by Crippen LogP contribution is 2.25. The van der Waals surface area contributed by atoms with E-state index in [-0.39, 0.29) is 27.8 Å². The van der Waals surface area contributed by atoms with Crippen molar-refractivity contribution in [2.24, 2.45) is 0 Å². The largest absolute Gasteiger partial charge is 0.462 e. The van der Waals surface area contributed by atoms with Gasteiger partial charge in [0, 0.05) is 5.69 Å². The molecule has 9 heteroatoms. The molecule has 3 rings (SSSR count). The predicted molar refractivity (Wildman–Crippen MR) is 129 cm³/mol. The van der Waals surface area contributed by atoms with Crippen LogP contribution in [0, 0.1) is 13.8 Å². The molecular weight excluding hydrogens is 464 g/mol. The minimum absolute atomic E-state index is 0.0656. The lowest BCUT2D eigenvalue weighted by Crippen LogP contribution is -2.16. The number of aryl methyl sites for hydroxylation is 2. The van der Waals surface area contributed by atoms with Crippen molar-refractivity contribution in [2.45, 2.75) is 25.7 Å². The molecule has 0 bridgehead atoms. The highest BCUT2D eigenvalue weighted by Gasteiger charge is 2.17. The van der Waals surface area contributed by atoms with Gasteiger partial charge in [-0.25, -0.2) is 13.2 Å². The highest BCUT2D eigenvalue weighted by molar-refractivity contribution is 7.92. The number of carbonyl (C=O) groups is 2. The zero-order valence-corrected chi connectivity index (χ0v) is 19.9. The van der Waals surface area contributed by atoms with E-state index in [1.165, 1.54) is 36.4 Å². The van der Waals surface area contributed by atoms with Crippen LogP contribution in [0.1, 0.15) is 38.8 Å². The average molecular weight is 487 g/mol. The molecule has 0 saturated carbocycles. The Balaban J connectivity index is 1.79. The number of esters is 1. The number of benzene rings is 3. The smallest absolute Gasteiger partial charge is 0.338 e. The molecule has 3 aromatic carbocycles. The number of rotatable bonds is 7. The normalized spacial score (nSPS) is 11.0. The van der Waals surface area contributed by atoms with Gasteiger partial charge in [0.25, 0.3) is 15.9 Å². The number of ether oxygens (including phenoxy) is 1. The Morgan fingerprint density at radius 1 is 0.970 bits per heavy atom. The lowest BCUT2D eigenvalue weighted by molar-refractivity contribution is 0.0526. The van der Waals surface area contributed by atoms with Crippen molar-refractivity contribution < 1.29 is 22.7 Å². The van der Waals surface area contributed by atoms with Gasteiger partial charge in [-0.05, 0) is 68.8 Å². The Morgan fingerprint density at radius 3 is 2.30 bits per heavy atom. The Bertz CT molecular complexity index is 1300. The van der Waals surface area contributed by atoms with Gasteiger partial charge in [-0.2, -0.15) is 0 Å². The molecule has 2 N–H and O–H groups in total. The van der Waals surface area contributed by atoms with Crippen molar-refractivity contribution >= 4 is 44.9 Å². The van der Waals surface area contributed by atoms with Crippen molar-refractivity contribution in [1.82, 2.24) is 0 Å². The zero-order chi connectivity index (χ0) is 24.2. The molecule has 0 saturated heterocycles. The first kappa shape index (κ1) is 24.3. The van der Waals surface area contributed by atoms with Gasteiger partial charge >= 0.3 is 5.97 Å². The summed E-state index contributed by atoms with van der Waals surface area (Å²) < 4.78 is 32.6. The number of amides is 1. The van der Waals surface area contributed by atoms with E-state index in [0.29, 0.717) is 11.3 Å². The lowest BCUT2D eigenvalue weighted by atomic mass is 10.1. The van der Waals surface area contributed by atoms with E-state index in [4.69, 9.17) is 16.3 Å². The minimum Gasteiger partial charge on any atom is -0.462 e. The van der Waals surface area contributed by atoms with Crippen LogP contribution in [0.4, 0.5) is 11.4 Å². The maximum atomic E-state index is 12.8. The van der Waals surface area contributed by atoms with Crippen LogP contribution in [-0.4, -0.2) is 26.9 Å². The molecule has 172 valence electrons. The Morgan fingerprint density at radius 2 is 1.67 bits per heavy atom. The third kappa shape index (κ3) is 5.91. The minimum atomic E-state index is -3.80. The first-order valence-corrected chi connectivity index (χ1v) is 11.9. The summed E-state index contributed by atoms with van der Waals surface area (Å²) in [5, 5.41) is 2.80. The van der Waals surface area contributed by atoms with Gasteiger partial charge in [0.1, 0.15) is 0 Å². The maximum Gasteiger partial charge on any atom is 0.338 e. The molecule has 3 aromatic rings. The van der Waals surface area contributed by atoms with Crippen LogP contribution in [0.5, 0.6) is 0 Å². The summed E-state index contributed by atoms with van der Waals surface area (Å²) in [5.41, 5.74) is 2.80. The molecule has 33 heavy (non-hydrogen) atoms. The van der Waals surface area contributed by atoms with Gasteiger partial charge in [-0.15, -0.1) is 0 Å². The van der Waals surface area contributed by atoms with Crippen molar-refractivity contribution in [3.8, 4) is 0 Å². The molecule has 0 aromatic heterocycles. The Labute approximate surface area is 197 Å². The number of hydrogen-bond donors (Lipinski definition) is 2. The molecule has 0 fully saturated rings. The number of anilines is 2. The SMILES string of the molecule is CCOC(=O)c1ccc(C)c(NC(=O)c2ccc(NS(=O)(=O)c3ccc(C)cc3)cc2Cl)c1. The van der Waals surface area contributed by atoms with Gasteiger partial charge in [-0.1, -0.05) is 35.4 Å². The summed E-state index contributed by atoms with van der Waals surface area (Å²) in [6.07, 6.45) is 0. The summed E-state index contributed by atoms with van der Waals surface area (Å²) in [4.78, 5) is 24.9. The fourth-order valence-electron chi connectivity index (χ4n) is 2.98. The standard InChI is InChI=1S/C24H23ClN2O5S/c1-4-32-24(29)17-8-7-16(3)22(13-17)26-23(28)20-12-9-18(14-21(20)25)27-33(30,31)19-10-5-15(2)6-11-19/h5-14,27H,4H2,1-3H3,(H,26,28). The third-order valence-electron chi connectivity index (χ3n) is 4.79. The van der Waals surface area contributed by atoms with Gasteiger partial charge < -0.3 is 10.1 Å². The van der Waals surface area contributed by atoms with Crippen molar-refractivity contribution in [3.63, 3.8) is 0 Å². The Kier molecular flexibility index (Phi) is 7.40. The molecular formula is C24H23ClN2O5S. The number of halogens is 1. The van der Waals surface area contributed by atoms with E-state index in [9.17, 15) is 18.0 Å². The van der Waals surface area contributed by atoms with Crippen LogP contribution in [0.25, 0.3) is 0 Å². The monoisotopic (exact) mass is 486 g/mol.